The summed E-state index contributed by atoms with van der Waals surface area (Å²) in [4.78, 5) is 10.6. The summed E-state index contributed by atoms with van der Waals surface area (Å²) in [5, 5.41) is 0. The average molecular weight is 213 g/mol. The Morgan fingerprint density at radius 2 is 2.36 bits per heavy atom. The van der Waals surface area contributed by atoms with Gasteiger partial charge in [0, 0.05) is 18.9 Å². The van der Waals surface area contributed by atoms with Crippen molar-refractivity contribution in [1.82, 2.24) is 4.72 Å². The summed E-state index contributed by atoms with van der Waals surface area (Å²) in [5.41, 5.74) is 2.40. The fourth-order valence-electron chi connectivity index (χ4n) is 1.21. The van der Waals surface area contributed by atoms with Crippen LogP contribution in [0.2, 0.25) is 0 Å². The molecule has 0 unspecified atom stereocenters. The largest absolute Gasteiger partial charge is 0.461 e. The molecule has 1 aliphatic carbocycles. The van der Waals surface area contributed by atoms with Gasteiger partial charge in [-0.05, 0) is 24.5 Å². The highest BCUT2D eigenvalue weighted by molar-refractivity contribution is 7.96. The van der Waals surface area contributed by atoms with Crippen molar-refractivity contribution in [3.63, 3.8) is 0 Å². The third-order valence-electron chi connectivity index (χ3n) is 1.93. The van der Waals surface area contributed by atoms with Crippen LogP contribution in [0.4, 0.5) is 0 Å². The summed E-state index contributed by atoms with van der Waals surface area (Å²) in [6, 6.07) is 0. The van der Waals surface area contributed by atoms with Crippen molar-refractivity contribution >= 4 is 17.9 Å². The molecule has 0 amide bonds. The van der Waals surface area contributed by atoms with Crippen molar-refractivity contribution in [3.8, 4) is 0 Å². The van der Waals surface area contributed by atoms with Crippen molar-refractivity contribution in [1.29, 1.82) is 0 Å². The van der Waals surface area contributed by atoms with Gasteiger partial charge in [-0.1, -0.05) is 18.0 Å². The van der Waals surface area contributed by atoms with E-state index in [1.165, 1.54) is 18.2 Å². The highest BCUT2D eigenvalue weighted by Gasteiger charge is 2.06. The van der Waals surface area contributed by atoms with Gasteiger partial charge in [0.1, 0.15) is 6.61 Å². The Morgan fingerprint density at radius 3 is 2.86 bits per heavy atom. The fourth-order valence-corrected chi connectivity index (χ4v) is 1.64. The SMILES string of the molecule is CSNC1=CC=C(COC(C)=O)CC1. The normalized spacial score (nSPS) is 15.6. The standard InChI is InChI=1S/C10H15NO2S/c1-8(12)13-7-9-3-5-10(6-4-9)11-14-2/h3,5,11H,4,6-7H2,1-2H3. The molecular formula is C10H15NO2S. The molecule has 3 nitrogen and oxygen atoms in total. The molecule has 1 N–H and O–H groups in total. The Morgan fingerprint density at radius 1 is 1.57 bits per heavy atom. The summed E-state index contributed by atoms with van der Waals surface area (Å²) in [5.74, 6) is -0.220. The summed E-state index contributed by atoms with van der Waals surface area (Å²) >= 11 is 1.59. The molecule has 0 atom stereocenters. The molecule has 4 heteroatoms. The molecule has 0 spiro atoms. The quantitative estimate of drug-likeness (QED) is 0.573. The van der Waals surface area contributed by atoms with Crippen molar-refractivity contribution in [2.24, 2.45) is 0 Å². The maximum Gasteiger partial charge on any atom is 0.302 e. The number of rotatable bonds is 4. The molecule has 1 rings (SSSR count). The lowest BCUT2D eigenvalue weighted by Gasteiger charge is -2.14. The first-order valence-corrected chi connectivity index (χ1v) is 5.76. The van der Waals surface area contributed by atoms with Crippen molar-refractivity contribution in [2.75, 3.05) is 12.9 Å². The van der Waals surface area contributed by atoms with E-state index in [0.717, 1.165) is 12.8 Å². The second-order valence-electron chi connectivity index (χ2n) is 3.10. The van der Waals surface area contributed by atoms with Crippen molar-refractivity contribution in [2.45, 2.75) is 19.8 Å². The molecule has 0 aromatic carbocycles. The highest BCUT2D eigenvalue weighted by atomic mass is 32.2. The van der Waals surface area contributed by atoms with E-state index >= 15 is 0 Å². The number of ether oxygens (including phenoxy) is 1. The van der Waals surface area contributed by atoms with Crippen LogP contribution in [0.1, 0.15) is 19.8 Å². The Labute approximate surface area is 88.7 Å². The molecular weight excluding hydrogens is 198 g/mol. The Hall–Kier alpha value is -0.900. The van der Waals surface area contributed by atoms with Crippen LogP contribution in [0.5, 0.6) is 0 Å². The van der Waals surface area contributed by atoms with Crippen LogP contribution >= 0.6 is 11.9 Å². The molecule has 78 valence electrons. The van der Waals surface area contributed by atoms with Crippen LogP contribution < -0.4 is 4.72 Å². The minimum Gasteiger partial charge on any atom is -0.461 e. The van der Waals surface area contributed by atoms with Crippen molar-refractivity contribution < 1.29 is 9.53 Å². The topological polar surface area (TPSA) is 38.3 Å². The number of nitrogens with one attached hydrogen (secondary N) is 1. The molecule has 0 aliphatic heterocycles. The van der Waals surface area contributed by atoms with Crippen LogP contribution in [0.25, 0.3) is 0 Å². The monoisotopic (exact) mass is 213 g/mol. The van der Waals surface area contributed by atoms with Crippen molar-refractivity contribution in [3.05, 3.63) is 23.4 Å². The van der Waals surface area contributed by atoms with Gasteiger partial charge in [0.2, 0.25) is 0 Å². The van der Waals surface area contributed by atoms with Gasteiger partial charge in [-0.15, -0.1) is 0 Å². The predicted molar refractivity (Wildman–Crippen MR) is 58.7 cm³/mol. The molecule has 0 fully saturated rings. The first-order chi connectivity index (χ1) is 6.72. The molecule has 0 aromatic heterocycles. The smallest absolute Gasteiger partial charge is 0.302 e. The van der Waals surface area contributed by atoms with Gasteiger partial charge >= 0.3 is 5.97 Å². The van der Waals surface area contributed by atoms with Crippen LogP contribution in [-0.2, 0) is 9.53 Å². The van der Waals surface area contributed by atoms with E-state index < -0.39 is 0 Å². The highest BCUT2D eigenvalue weighted by Crippen LogP contribution is 2.17. The van der Waals surface area contributed by atoms with Gasteiger partial charge in [0.15, 0.2) is 0 Å². The Balaban J connectivity index is 2.39. The number of carbonyl (C=O) groups is 1. The minimum atomic E-state index is -0.220. The van der Waals surface area contributed by atoms with Crippen LogP contribution in [0.15, 0.2) is 23.4 Å². The third kappa shape index (κ3) is 3.87. The minimum absolute atomic E-state index is 0.220. The van der Waals surface area contributed by atoms with E-state index in [0.29, 0.717) is 6.61 Å². The van der Waals surface area contributed by atoms with Crippen LogP contribution in [0, 0.1) is 0 Å². The molecule has 1 aliphatic rings. The van der Waals surface area contributed by atoms with Crippen LogP contribution in [0.3, 0.4) is 0 Å². The van der Waals surface area contributed by atoms with Gasteiger partial charge in [-0.3, -0.25) is 4.79 Å². The van der Waals surface area contributed by atoms with Crippen LogP contribution in [-0.4, -0.2) is 18.8 Å². The van der Waals surface area contributed by atoms with Gasteiger partial charge in [-0.25, -0.2) is 0 Å². The van der Waals surface area contributed by atoms with E-state index in [1.807, 2.05) is 18.4 Å². The molecule has 0 saturated heterocycles. The number of carbonyl (C=O) groups excluding carboxylic acids is 1. The zero-order chi connectivity index (χ0) is 10.4. The molecule has 0 saturated carbocycles. The molecule has 0 aromatic rings. The maximum atomic E-state index is 10.6. The first-order valence-electron chi connectivity index (χ1n) is 4.53. The van der Waals surface area contributed by atoms with E-state index in [4.69, 9.17) is 4.74 Å². The zero-order valence-corrected chi connectivity index (χ0v) is 9.32. The lowest BCUT2D eigenvalue weighted by Crippen LogP contribution is -2.09. The van der Waals surface area contributed by atoms with E-state index in [-0.39, 0.29) is 5.97 Å². The second kappa shape index (κ2) is 5.75. The summed E-state index contributed by atoms with van der Waals surface area (Å²) in [6.45, 7) is 1.86. The van der Waals surface area contributed by atoms with Gasteiger partial charge < -0.3 is 9.46 Å². The summed E-state index contributed by atoms with van der Waals surface area (Å²) < 4.78 is 8.11. The second-order valence-corrected chi connectivity index (χ2v) is 3.72. The molecule has 14 heavy (non-hydrogen) atoms. The number of hydrogen-bond acceptors (Lipinski definition) is 4. The van der Waals surface area contributed by atoms with E-state index in [9.17, 15) is 4.79 Å². The fraction of sp³-hybridized carbons (Fsp3) is 0.500. The van der Waals surface area contributed by atoms with E-state index in [1.54, 1.807) is 11.9 Å². The predicted octanol–water partition coefficient (Wildman–Crippen LogP) is 2.02. The Bertz CT molecular complexity index is 271. The van der Waals surface area contributed by atoms with Gasteiger partial charge in [-0.2, -0.15) is 0 Å². The Kier molecular flexibility index (Phi) is 4.59. The lowest BCUT2D eigenvalue weighted by atomic mass is 10.0. The maximum absolute atomic E-state index is 10.6. The summed E-state index contributed by atoms with van der Waals surface area (Å²) in [7, 11) is 0. The molecule has 0 heterocycles. The number of hydrogen-bond donors (Lipinski definition) is 1. The average Bonchev–Trinajstić information content (AvgIpc) is 2.17. The van der Waals surface area contributed by atoms with Gasteiger partial charge in [0.05, 0.1) is 0 Å². The summed E-state index contributed by atoms with van der Waals surface area (Å²) in [6.07, 6.45) is 8.02. The molecule has 0 radical (unpaired) electrons. The molecule has 0 bridgehead atoms. The first kappa shape index (κ1) is 11.2. The number of esters is 1. The lowest BCUT2D eigenvalue weighted by molar-refractivity contribution is -0.140. The van der Waals surface area contributed by atoms with E-state index in [2.05, 4.69) is 4.72 Å². The zero-order valence-electron chi connectivity index (χ0n) is 8.50. The van der Waals surface area contributed by atoms with Gasteiger partial charge in [0.25, 0.3) is 0 Å². The number of allylic oxidation sites excluding steroid dienone is 3. The third-order valence-corrected chi connectivity index (χ3v) is 2.40.